The first-order valence-corrected chi connectivity index (χ1v) is 14.7. The number of aryl methyl sites for hydroxylation is 2. The first-order chi connectivity index (χ1) is 18.3. The summed E-state index contributed by atoms with van der Waals surface area (Å²) in [5, 5.41) is 24.4. The lowest BCUT2D eigenvalue weighted by Crippen LogP contribution is -2.41. The SMILES string of the molecule is O=C(N[C@H]1c2ccccc2C[C@H]1O)[C@H](Cc1ccccc1)C[C@H](O)CNS(=O)(=O)c1ccc2c(c1)CCC2. The van der Waals surface area contributed by atoms with Gasteiger partial charge in [0.15, 0.2) is 0 Å². The highest BCUT2D eigenvalue weighted by Gasteiger charge is 2.34. The molecule has 0 saturated heterocycles. The van der Waals surface area contributed by atoms with E-state index in [-0.39, 0.29) is 23.8 Å². The van der Waals surface area contributed by atoms with Crippen molar-refractivity contribution in [2.24, 2.45) is 5.92 Å². The zero-order valence-electron chi connectivity index (χ0n) is 21.2. The molecule has 1 amide bonds. The number of hydrogen-bond acceptors (Lipinski definition) is 5. The van der Waals surface area contributed by atoms with Gasteiger partial charge in [0, 0.05) is 18.9 Å². The van der Waals surface area contributed by atoms with E-state index in [9.17, 15) is 23.4 Å². The fourth-order valence-electron chi connectivity index (χ4n) is 5.62. The second-order valence-corrected chi connectivity index (χ2v) is 12.1. The van der Waals surface area contributed by atoms with Gasteiger partial charge in [-0.15, -0.1) is 0 Å². The first-order valence-electron chi connectivity index (χ1n) is 13.2. The molecule has 4 N–H and O–H groups in total. The van der Waals surface area contributed by atoms with E-state index in [1.165, 1.54) is 5.56 Å². The molecule has 38 heavy (non-hydrogen) atoms. The molecule has 0 heterocycles. The van der Waals surface area contributed by atoms with Crippen LogP contribution in [0.4, 0.5) is 0 Å². The molecule has 5 rings (SSSR count). The highest BCUT2D eigenvalue weighted by atomic mass is 32.2. The van der Waals surface area contributed by atoms with Gasteiger partial charge >= 0.3 is 0 Å². The largest absolute Gasteiger partial charge is 0.392 e. The normalized spacial score (nSPS) is 19.9. The van der Waals surface area contributed by atoms with Gasteiger partial charge in [-0.05, 0) is 72.1 Å². The van der Waals surface area contributed by atoms with Crippen LogP contribution in [0.15, 0.2) is 77.7 Å². The van der Waals surface area contributed by atoms with E-state index in [0.29, 0.717) is 12.8 Å². The van der Waals surface area contributed by atoms with Gasteiger partial charge in [-0.2, -0.15) is 0 Å². The zero-order chi connectivity index (χ0) is 26.7. The van der Waals surface area contributed by atoms with E-state index in [2.05, 4.69) is 10.0 Å². The summed E-state index contributed by atoms with van der Waals surface area (Å²) in [6.07, 6.45) is 1.99. The topological polar surface area (TPSA) is 116 Å². The summed E-state index contributed by atoms with van der Waals surface area (Å²) in [7, 11) is -3.79. The monoisotopic (exact) mass is 534 g/mol. The predicted octanol–water partition coefficient (Wildman–Crippen LogP) is 2.84. The number of nitrogens with one attached hydrogen (secondary N) is 2. The molecule has 0 unspecified atom stereocenters. The molecule has 0 saturated carbocycles. The number of benzene rings is 3. The van der Waals surface area contributed by atoms with Crippen LogP contribution in [0.25, 0.3) is 0 Å². The minimum atomic E-state index is -3.79. The molecule has 0 fully saturated rings. The standard InChI is InChI=1S/C30H34N2O5S/c33-25(19-31-38(36,37)26-14-13-21-10-6-11-22(21)17-26)16-24(15-20-7-2-1-3-8-20)30(35)32-29-27-12-5-4-9-23(27)18-28(29)34/h1-5,7-9,12-14,17,24-25,28-29,31,33-34H,6,10-11,15-16,18-19H2,(H,32,35)/t24-,25+,28-,29+/m1/s1. The van der Waals surface area contributed by atoms with Crippen molar-refractivity contribution in [1.29, 1.82) is 0 Å². The maximum Gasteiger partial charge on any atom is 0.240 e. The third-order valence-corrected chi connectivity index (χ3v) is 9.06. The molecule has 200 valence electrons. The van der Waals surface area contributed by atoms with Crippen molar-refractivity contribution in [3.63, 3.8) is 0 Å². The van der Waals surface area contributed by atoms with Gasteiger partial charge in [-0.1, -0.05) is 60.7 Å². The quantitative estimate of drug-likeness (QED) is 0.319. The summed E-state index contributed by atoms with van der Waals surface area (Å²) in [6, 6.07) is 21.8. The molecule has 0 aromatic heterocycles. The Balaban J connectivity index is 1.26. The molecule has 3 aromatic carbocycles. The summed E-state index contributed by atoms with van der Waals surface area (Å²) in [4.78, 5) is 13.6. The van der Waals surface area contributed by atoms with Crippen molar-refractivity contribution < 1.29 is 23.4 Å². The van der Waals surface area contributed by atoms with Gasteiger partial charge in [0.25, 0.3) is 0 Å². The Morgan fingerprint density at radius 3 is 2.50 bits per heavy atom. The smallest absolute Gasteiger partial charge is 0.240 e. The lowest BCUT2D eigenvalue weighted by Gasteiger charge is -2.24. The van der Waals surface area contributed by atoms with Crippen molar-refractivity contribution >= 4 is 15.9 Å². The Morgan fingerprint density at radius 1 is 0.947 bits per heavy atom. The summed E-state index contributed by atoms with van der Waals surface area (Å²) in [5.74, 6) is -0.896. The second kappa shape index (κ2) is 11.4. The lowest BCUT2D eigenvalue weighted by molar-refractivity contribution is -0.127. The number of sulfonamides is 1. The third-order valence-electron chi connectivity index (χ3n) is 7.64. The number of carbonyl (C=O) groups is 1. The Morgan fingerprint density at radius 2 is 1.68 bits per heavy atom. The average Bonchev–Trinajstić information content (AvgIpc) is 3.51. The average molecular weight is 535 g/mol. The molecule has 8 heteroatoms. The van der Waals surface area contributed by atoms with E-state index in [4.69, 9.17) is 0 Å². The Bertz CT molecular complexity index is 1390. The van der Waals surface area contributed by atoms with Crippen LogP contribution in [-0.4, -0.2) is 43.3 Å². The van der Waals surface area contributed by atoms with Crippen molar-refractivity contribution in [1.82, 2.24) is 10.0 Å². The van der Waals surface area contributed by atoms with E-state index >= 15 is 0 Å². The molecular formula is C30H34N2O5S. The molecule has 0 spiro atoms. The van der Waals surface area contributed by atoms with Gasteiger partial charge in [-0.25, -0.2) is 13.1 Å². The van der Waals surface area contributed by atoms with E-state index in [1.54, 1.807) is 12.1 Å². The van der Waals surface area contributed by atoms with Crippen LogP contribution >= 0.6 is 0 Å². The van der Waals surface area contributed by atoms with Crippen LogP contribution in [-0.2, 0) is 40.5 Å². The highest BCUT2D eigenvalue weighted by molar-refractivity contribution is 7.89. The van der Waals surface area contributed by atoms with Gasteiger partial charge < -0.3 is 15.5 Å². The molecule has 3 aromatic rings. The van der Waals surface area contributed by atoms with E-state index < -0.39 is 34.2 Å². The maximum absolute atomic E-state index is 13.5. The van der Waals surface area contributed by atoms with Crippen LogP contribution in [0.5, 0.6) is 0 Å². The van der Waals surface area contributed by atoms with Gasteiger partial charge in [0.1, 0.15) is 0 Å². The molecule has 0 aliphatic heterocycles. The van der Waals surface area contributed by atoms with Crippen LogP contribution in [0.3, 0.4) is 0 Å². The van der Waals surface area contributed by atoms with Gasteiger partial charge in [0.05, 0.1) is 23.1 Å². The summed E-state index contributed by atoms with van der Waals surface area (Å²) < 4.78 is 28.3. The number of aliphatic hydroxyl groups is 2. The van der Waals surface area contributed by atoms with Crippen LogP contribution in [0, 0.1) is 5.92 Å². The van der Waals surface area contributed by atoms with Gasteiger partial charge in [-0.3, -0.25) is 4.79 Å². The third kappa shape index (κ3) is 5.99. The molecule has 4 atom stereocenters. The van der Waals surface area contributed by atoms with Crippen LogP contribution in [0.2, 0.25) is 0 Å². The van der Waals surface area contributed by atoms with Gasteiger partial charge in [0.2, 0.25) is 15.9 Å². The predicted molar refractivity (Wildman–Crippen MR) is 145 cm³/mol. The summed E-state index contributed by atoms with van der Waals surface area (Å²) in [5.41, 5.74) is 5.09. The summed E-state index contributed by atoms with van der Waals surface area (Å²) in [6.45, 7) is -0.202. The molecule has 0 bridgehead atoms. The Labute approximate surface area is 224 Å². The number of fused-ring (bicyclic) bond motifs is 2. The minimum absolute atomic E-state index is 0.0674. The van der Waals surface area contributed by atoms with Crippen molar-refractivity contribution in [3.05, 3.63) is 101 Å². The number of hydrogen-bond donors (Lipinski definition) is 4. The number of carbonyl (C=O) groups excluding carboxylic acids is 1. The van der Waals surface area contributed by atoms with Crippen molar-refractivity contribution in [2.45, 2.75) is 61.7 Å². The van der Waals surface area contributed by atoms with E-state index in [0.717, 1.165) is 41.5 Å². The maximum atomic E-state index is 13.5. The minimum Gasteiger partial charge on any atom is -0.392 e. The fraction of sp³-hybridized carbons (Fsp3) is 0.367. The second-order valence-electron chi connectivity index (χ2n) is 10.4. The van der Waals surface area contributed by atoms with Crippen LogP contribution < -0.4 is 10.0 Å². The number of rotatable bonds is 10. The Kier molecular flexibility index (Phi) is 7.95. The lowest BCUT2D eigenvalue weighted by atomic mass is 9.92. The highest BCUT2D eigenvalue weighted by Crippen LogP contribution is 2.32. The first kappa shape index (κ1) is 26.6. The molecule has 0 radical (unpaired) electrons. The molecule has 2 aliphatic rings. The Hall–Kier alpha value is -3.04. The summed E-state index contributed by atoms with van der Waals surface area (Å²) >= 11 is 0. The van der Waals surface area contributed by atoms with Crippen molar-refractivity contribution in [3.8, 4) is 0 Å². The van der Waals surface area contributed by atoms with Crippen LogP contribution in [0.1, 0.15) is 46.7 Å². The number of amides is 1. The van der Waals surface area contributed by atoms with E-state index in [1.807, 2.05) is 60.7 Å². The molecular weight excluding hydrogens is 500 g/mol. The molecule has 7 nitrogen and oxygen atoms in total. The fourth-order valence-corrected chi connectivity index (χ4v) is 6.74. The number of aliphatic hydroxyl groups excluding tert-OH is 2. The van der Waals surface area contributed by atoms with Crippen molar-refractivity contribution in [2.75, 3.05) is 6.54 Å². The molecule has 2 aliphatic carbocycles. The zero-order valence-corrected chi connectivity index (χ0v) is 22.0.